The van der Waals surface area contributed by atoms with Gasteiger partial charge in [-0.3, -0.25) is 9.59 Å². The van der Waals surface area contributed by atoms with E-state index in [0.717, 1.165) is 18.3 Å². The van der Waals surface area contributed by atoms with Crippen molar-refractivity contribution < 1.29 is 59.0 Å². The minimum absolute atomic E-state index is 0.0278. The third-order valence-electron chi connectivity index (χ3n) is 3.92. The van der Waals surface area contributed by atoms with Crippen molar-refractivity contribution in [3.05, 3.63) is 39.6 Å². The van der Waals surface area contributed by atoms with Crippen LogP contribution in [0.25, 0.3) is 0 Å². The quantitative estimate of drug-likeness (QED) is 0.486. The van der Waals surface area contributed by atoms with Crippen molar-refractivity contribution in [2.75, 3.05) is 6.54 Å². The van der Waals surface area contributed by atoms with Crippen LogP contribution in [0.4, 0.5) is 39.5 Å². The number of imidazole rings is 1. The van der Waals surface area contributed by atoms with E-state index in [1.54, 1.807) is 0 Å². The van der Waals surface area contributed by atoms with Crippen molar-refractivity contribution in [3.8, 4) is 0 Å². The number of aliphatic carboxylic acids is 1. The van der Waals surface area contributed by atoms with Gasteiger partial charge in [-0.2, -0.15) is 39.5 Å². The van der Waals surface area contributed by atoms with E-state index >= 15 is 0 Å². The Morgan fingerprint density at radius 2 is 1.45 bits per heavy atom. The first kappa shape index (κ1) is 26.1. The molecule has 7 nitrogen and oxygen atoms in total. The summed E-state index contributed by atoms with van der Waals surface area (Å²) in [7, 11) is 0. The Balaban J connectivity index is 0.000000479. The van der Waals surface area contributed by atoms with Crippen LogP contribution in [0.3, 0.4) is 0 Å². The summed E-state index contributed by atoms with van der Waals surface area (Å²) in [6.07, 6.45) is -13.9. The van der Waals surface area contributed by atoms with Gasteiger partial charge in [0.2, 0.25) is 0 Å². The molecule has 0 unspecified atom stereocenters. The predicted molar refractivity (Wildman–Crippen MR) is 90.4 cm³/mol. The summed E-state index contributed by atoms with van der Waals surface area (Å²) in [5, 5.41) is 7.12. The summed E-state index contributed by atoms with van der Waals surface area (Å²) in [5.74, 6) is -5.45. The van der Waals surface area contributed by atoms with E-state index in [4.69, 9.17) is 9.90 Å². The molecule has 17 heteroatoms. The van der Waals surface area contributed by atoms with E-state index < -0.39 is 46.8 Å². The highest BCUT2D eigenvalue weighted by atomic mass is 32.1. The van der Waals surface area contributed by atoms with Gasteiger partial charge >= 0.3 is 24.5 Å². The maximum absolute atomic E-state index is 12.7. The monoisotopic (exact) mass is 511 g/mol. The van der Waals surface area contributed by atoms with E-state index in [-0.39, 0.29) is 30.3 Å². The second kappa shape index (κ2) is 9.03. The zero-order valence-corrected chi connectivity index (χ0v) is 16.5. The first-order valence-electron chi connectivity index (χ1n) is 8.35. The van der Waals surface area contributed by atoms with Crippen LogP contribution in [0.5, 0.6) is 0 Å². The summed E-state index contributed by atoms with van der Waals surface area (Å²) in [6.45, 7) is -0.0703. The van der Waals surface area contributed by atoms with E-state index in [1.165, 1.54) is 9.47 Å². The summed E-state index contributed by atoms with van der Waals surface area (Å²) in [5.41, 5.74) is -1.07. The lowest BCUT2D eigenvalue weighted by molar-refractivity contribution is -0.192. The molecule has 1 amide bonds. The zero-order chi connectivity index (χ0) is 25.4. The maximum atomic E-state index is 12.7. The first-order valence-corrected chi connectivity index (χ1v) is 9.17. The van der Waals surface area contributed by atoms with Gasteiger partial charge in [-0.05, 0) is 12.1 Å². The van der Waals surface area contributed by atoms with Crippen molar-refractivity contribution in [2.24, 2.45) is 0 Å². The molecule has 2 aromatic heterocycles. The van der Waals surface area contributed by atoms with Gasteiger partial charge in [0.1, 0.15) is 5.82 Å². The highest BCUT2D eigenvalue weighted by molar-refractivity contribution is 7.16. The highest BCUT2D eigenvalue weighted by Gasteiger charge is 2.41. The number of hydrogen-bond acceptors (Lipinski definition) is 5. The Hall–Kier alpha value is -3.11. The molecule has 1 aliphatic rings. The standard InChI is InChI=1S/C14H9F6N3O2S.C2HF3O2/c15-13(16,17)9-5-22-3-4-23(6-10(22)21-9)12(25)8-2-1-7(26-8)11(24)14(18,19)20;3-2(4,5)1(6)7/h1-2,5H,3-4,6H2;(H,6,7). The van der Waals surface area contributed by atoms with E-state index in [1.807, 2.05) is 0 Å². The highest BCUT2D eigenvalue weighted by Crippen LogP contribution is 2.30. The largest absolute Gasteiger partial charge is 0.490 e. The second-order valence-corrected chi connectivity index (χ2v) is 7.34. The Kier molecular flexibility index (Phi) is 7.15. The van der Waals surface area contributed by atoms with Gasteiger partial charge in [0, 0.05) is 19.3 Å². The number of carbonyl (C=O) groups excluding carboxylic acids is 2. The van der Waals surface area contributed by atoms with Gasteiger partial charge in [0.25, 0.3) is 11.7 Å². The summed E-state index contributed by atoms with van der Waals surface area (Å²) < 4.78 is 108. The number of alkyl halides is 9. The summed E-state index contributed by atoms with van der Waals surface area (Å²) in [6, 6.07) is 1.99. The first-order chi connectivity index (χ1) is 14.9. The molecule has 0 atom stereocenters. The van der Waals surface area contributed by atoms with Gasteiger partial charge in [0.05, 0.1) is 16.3 Å². The fraction of sp³-hybridized carbons (Fsp3) is 0.375. The van der Waals surface area contributed by atoms with Gasteiger partial charge < -0.3 is 14.6 Å². The van der Waals surface area contributed by atoms with Gasteiger partial charge in [-0.15, -0.1) is 11.3 Å². The van der Waals surface area contributed by atoms with Crippen LogP contribution in [-0.4, -0.2) is 56.1 Å². The number of thiophene rings is 1. The topological polar surface area (TPSA) is 92.5 Å². The molecule has 0 saturated carbocycles. The molecule has 0 radical (unpaired) electrons. The molecule has 0 saturated heterocycles. The predicted octanol–water partition coefficient (Wildman–Crippen LogP) is 4.00. The molecule has 182 valence electrons. The molecule has 0 spiro atoms. The van der Waals surface area contributed by atoms with Crippen molar-refractivity contribution in [1.29, 1.82) is 0 Å². The van der Waals surface area contributed by atoms with E-state index in [2.05, 4.69) is 4.98 Å². The Bertz CT molecular complexity index is 1050. The normalized spacial score (nSPS) is 14.3. The number of aromatic nitrogens is 2. The van der Waals surface area contributed by atoms with Crippen molar-refractivity contribution >= 4 is 29.0 Å². The van der Waals surface area contributed by atoms with E-state index in [9.17, 15) is 49.1 Å². The molecule has 0 aliphatic carbocycles. The second-order valence-electron chi connectivity index (χ2n) is 6.25. The van der Waals surface area contributed by atoms with E-state index in [0.29, 0.717) is 11.3 Å². The number of carboxylic acid groups (broad SMARTS) is 1. The Morgan fingerprint density at radius 3 is 1.94 bits per heavy atom. The van der Waals surface area contributed by atoms with Crippen LogP contribution in [0.2, 0.25) is 0 Å². The van der Waals surface area contributed by atoms with Crippen LogP contribution >= 0.6 is 11.3 Å². The Morgan fingerprint density at radius 1 is 0.909 bits per heavy atom. The van der Waals surface area contributed by atoms with Crippen molar-refractivity contribution in [2.45, 2.75) is 31.6 Å². The third kappa shape index (κ3) is 6.45. The van der Waals surface area contributed by atoms with Crippen LogP contribution < -0.4 is 0 Å². The van der Waals surface area contributed by atoms with Gasteiger partial charge in [0.15, 0.2) is 5.69 Å². The molecular formula is C16H10F9N3O4S. The minimum atomic E-state index is -5.08. The maximum Gasteiger partial charge on any atom is 0.490 e. The SMILES string of the molecule is O=C(O)C(F)(F)F.O=C(c1ccc(C(=O)C(F)(F)F)s1)N1CCn2cc(C(F)(F)F)nc2C1. The van der Waals surface area contributed by atoms with Crippen LogP contribution in [0.1, 0.15) is 30.9 Å². The fourth-order valence-electron chi connectivity index (χ4n) is 2.43. The average Bonchev–Trinajstić information content (AvgIpc) is 3.32. The molecule has 3 rings (SSSR count). The molecule has 33 heavy (non-hydrogen) atoms. The number of fused-ring (bicyclic) bond motifs is 1. The number of amides is 1. The average molecular weight is 511 g/mol. The molecule has 0 aromatic carbocycles. The minimum Gasteiger partial charge on any atom is -0.475 e. The van der Waals surface area contributed by atoms with Crippen LogP contribution in [0.15, 0.2) is 18.3 Å². The van der Waals surface area contributed by atoms with Crippen LogP contribution in [-0.2, 0) is 24.1 Å². The number of hydrogen-bond donors (Lipinski definition) is 1. The summed E-state index contributed by atoms with van der Waals surface area (Å²) in [4.78, 5) is 36.4. The lowest BCUT2D eigenvalue weighted by atomic mass is 10.3. The van der Waals surface area contributed by atoms with Gasteiger partial charge in [-0.1, -0.05) is 0 Å². The number of Topliss-reactive ketones (excluding diaryl/α,β-unsaturated/α-hetero) is 1. The van der Waals surface area contributed by atoms with Crippen molar-refractivity contribution in [1.82, 2.24) is 14.5 Å². The Labute approximate surface area is 181 Å². The third-order valence-corrected chi connectivity index (χ3v) is 4.99. The number of ketones is 1. The molecule has 0 bridgehead atoms. The fourth-order valence-corrected chi connectivity index (χ4v) is 3.37. The zero-order valence-electron chi connectivity index (χ0n) is 15.7. The molecule has 1 aliphatic heterocycles. The lowest BCUT2D eigenvalue weighted by Crippen LogP contribution is -2.37. The molecule has 0 fully saturated rings. The number of carboxylic acids is 1. The number of halogens is 9. The number of carbonyl (C=O) groups is 3. The molecule has 3 heterocycles. The molecule has 1 N–H and O–H groups in total. The summed E-state index contributed by atoms with van der Waals surface area (Å²) >= 11 is 0.392. The lowest BCUT2D eigenvalue weighted by Gasteiger charge is -2.27. The number of nitrogens with zero attached hydrogens (tertiary/aromatic N) is 3. The smallest absolute Gasteiger partial charge is 0.475 e. The van der Waals surface area contributed by atoms with Gasteiger partial charge in [-0.25, -0.2) is 9.78 Å². The van der Waals surface area contributed by atoms with Crippen molar-refractivity contribution in [3.63, 3.8) is 0 Å². The number of rotatable bonds is 2. The molecular weight excluding hydrogens is 501 g/mol. The van der Waals surface area contributed by atoms with Crippen LogP contribution in [0, 0.1) is 0 Å². The molecule has 2 aromatic rings.